The molecule has 0 radical (unpaired) electrons. The summed E-state index contributed by atoms with van der Waals surface area (Å²) in [5, 5.41) is 13.2. The Morgan fingerprint density at radius 2 is 2.00 bits per heavy atom. The fraction of sp³-hybridized carbons (Fsp3) is 0.455. The summed E-state index contributed by atoms with van der Waals surface area (Å²) < 4.78 is 11.3. The number of allylic oxidation sites excluding steroid dienone is 1. The molecule has 0 spiro atoms. The minimum atomic E-state index is -0.349. The topological polar surface area (TPSA) is 38.7 Å². The zero-order chi connectivity index (χ0) is 10.7. The van der Waals surface area contributed by atoms with Crippen molar-refractivity contribution >= 4 is 11.3 Å². The van der Waals surface area contributed by atoms with Crippen LogP contribution in [0.3, 0.4) is 0 Å². The average Bonchev–Trinajstić information content (AvgIpc) is 2.64. The number of fused-ring (bicyclic) bond motifs is 1. The number of aliphatic hydroxyl groups excluding tert-OH is 1. The van der Waals surface area contributed by atoms with E-state index in [4.69, 9.17) is 9.47 Å². The van der Waals surface area contributed by atoms with E-state index in [0.29, 0.717) is 19.6 Å². The molecule has 1 aromatic heterocycles. The van der Waals surface area contributed by atoms with E-state index in [9.17, 15) is 5.11 Å². The van der Waals surface area contributed by atoms with Gasteiger partial charge in [0, 0.05) is 10.8 Å². The van der Waals surface area contributed by atoms with Crippen LogP contribution in [0.2, 0.25) is 0 Å². The summed E-state index contributed by atoms with van der Waals surface area (Å²) in [5.74, 6) is 1.55. The van der Waals surface area contributed by atoms with E-state index in [2.05, 4.69) is 6.58 Å². The number of aliphatic hydroxyl groups is 1. The van der Waals surface area contributed by atoms with E-state index >= 15 is 0 Å². The second-order valence-corrected chi connectivity index (χ2v) is 4.57. The van der Waals surface area contributed by atoms with Gasteiger partial charge in [-0.05, 0) is 6.42 Å². The molecule has 2 heterocycles. The third-order valence-electron chi connectivity index (χ3n) is 2.57. The molecule has 15 heavy (non-hydrogen) atoms. The van der Waals surface area contributed by atoms with Crippen LogP contribution in [0.25, 0.3) is 0 Å². The van der Waals surface area contributed by atoms with Gasteiger partial charge < -0.3 is 14.6 Å². The number of hydrogen-bond acceptors (Lipinski definition) is 4. The van der Waals surface area contributed by atoms with E-state index in [1.54, 1.807) is 17.4 Å². The average molecular weight is 226 g/mol. The predicted molar refractivity (Wildman–Crippen MR) is 59.6 cm³/mol. The SMILES string of the molecule is C=CCC1(CO)COc2cscc2OC1. The lowest BCUT2D eigenvalue weighted by atomic mass is 9.87. The van der Waals surface area contributed by atoms with E-state index in [0.717, 1.165) is 11.5 Å². The maximum Gasteiger partial charge on any atom is 0.171 e. The summed E-state index contributed by atoms with van der Waals surface area (Å²) >= 11 is 1.55. The molecule has 0 saturated carbocycles. The number of hydrogen-bond donors (Lipinski definition) is 1. The summed E-state index contributed by atoms with van der Waals surface area (Å²) in [6, 6.07) is 0. The first-order chi connectivity index (χ1) is 7.29. The number of rotatable bonds is 3. The zero-order valence-electron chi connectivity index (χ0n) is 8.44. The summed E-state index contributed by atoms with van der Waals surface area (Å²) in [7, 11) is 0. The standard InChI is InChI=1S/C11H14O3S/c1-2-3-11(6-12)7-13-9-4-15-5-10(9)14-8-11/h2,4-5,12H,1,3,6-8H2. The summed E-state index contributed by atoms with van der Waals surface area (Å²) in [6.07, 6.45) is 2.48. The lowest BCUT2D eigenvalue weighted by Gasteiger charge is -2.27. The van der Waals surface area contributed by atoms with Crippen molar-refractivity contribution in [1.82, 2.24) is 0 Å². The molecule has 1 aliphatic heterocycles. The van der Waals surface area contributed by atoms with Crippen LogP contribution in [0, 0.1) is 5.41 Å². The zero-order valence-corrected chi connectivity index (χ0v) is 9.26. The second-order valence-electron chi connectivity index (χ2n) is 3.83. The number of ether oxygens (including phenoxy) is 2. The molecule has 82 valence electrons. The van der Waals surface area contributed by atoms with E-state index < -0.39 is 0 Å². The van der Waals surface area contributed by atoms with Gasteiger partial charge in [0.1, 0.15) is 0 Å². The molecule has 0 fully saturated rings. The van der Waals surface area contributed by atoms with Crippen LogP contribution in [0.1, 0.15) is 6.42 Å². The van der Waals surface area contributed by atoms with Crippen LogP contribution in [0.15, 0.2) is 23.4 Å². The maximum atomic E-state index is 9.41. The van der Waals surface area contributed by atoms with Crippen LogP contribution in [-0.2, 0) is 0 Å². The lowest BCUT2D eigenvalue weighted by molar-refractivity contribution is 0.0412. The lowest BCUT2D eigenvalue weighted by Crippen LogP contribution is -2.36. The van der Waals surface area contributed by atoms with Crippen molar-refractivity contribution in [3.8, 4) is 11.5 Å². The summed E-state index contributed by atoms with van der Waals surface area (Å²) in [4.78, 5) is 0. The second kappa shape index (κ2) is 4.24. The van der Waals surface area contributed by atoms with Crippen molar-refractivity contribution in [3.63, 3.8) is 0 Å². The van der Waals surface area contributed by atoms with Crippen molar-refractivity contribution in [2.75, 3.05) is 19.8 Å². The van der Waals surface area contributed by atoms with Gasteiger partial charge in [-0.1, -0.05) is 6.08 Å². The van der Waals surface area contributed by atoms with Gasteiger partial charge in [0.05, 0.1) is 25.2 Å². The Kier molecular flexibility index (Phi) is 2.98. The highest BCUT2D eigenvalue weighted by atomic mass is 32.1. The molecule has 0 unspecified atom stereocenters. The molecular weight excluding hydrogens is 212 g/mol. The van der Waals surface area contributed by atoms with Crippen LogP contribution >= 0.6 is 11.3 Å². The first-order valence-electron chi connectivity index (χ1n) is 4.83. The maximum absolute atomic E-state index is 9.41. The largest absolute Gasteiger partial charge is 0.488 e. The van der Waals surface area contributed by atoms with Gasteiger partial charge in [-0.3, -0.25) is 0 Å². The highest BCUT2D eigenvalue weighted by Crippen LogP contribution is 2.37. The van der Waals surface area contributed by atoms with Crippen molar-refractivity contribution in [3.05, 3.63) is 23.4 Å². The molecule has 0 amide bonds. The fourth-order valence-electron chi connectivity index (χ4n) is 1.57. The van der Waals surface area contributed by atoms with Gasteiger partial charge in [-0.15, -0.1) is 17.9 Å². The van der Waals surface area contributed by atoms with Gasteiger partial charge in [-0.25, -0.2) is 0 Å². The smallest absolute Gasteiger partial charge is 0.171 e. The molecule has 1 aliphatic rings. The third-order valence-corrected chi connectivity index (χ3v) is 3.27. The Balaban J connectivity index is 2.15. The van der Waals surface area contributed by atoms with E-state index in [-0.39, 0.29) is 12.0 Å². The van der Waals surface area contributed by atoms with Gasteiger partial charge in [-0.2, -0.15) is 0 Å². The van der Waals surface area contributed by atoms with Gasteiger partial charge in [0.15, 0.2) is 11.5 Å². The van der Waals surface area contributed by atoms with E-state index in [1.165, 1.54) is 0 Å². The normalized spacial score (nSPS) is 18.2. The van der Waals surface area contributed by atoms with Crippen molar-refractivity contribution in [1.29, 1.82) is 0 Å². The van der Waals surface area contributed by atoms with Crippen LogP contribution in [-0.4, -0.2) is 24.9 Å². The number of thiophene rings is 1. The Morgan fingerprint density at radius 3 is 2.47 bits per heavy atom. The molecule has 0 atom stereocenters. The minimum absolute atomic E-state index is 0.0483. The molecule has 0 aliphatic carbocycles. The quantitative estimate of drug-likeness (QED) is 0.802. The Bertz CT molecular complexity index is 323. The van der Waals surface area contributed by atoms with Crippen LogP contribution in [0.5, 0.6) is 11.5 Å². The monoisotopic (exact) mass is 226 g/mol. The Hall–Kier alpha value is -1.00. The van der Waals surface area contributed by atoms with Crippen molar-refractivity contribution in [2.45, 2.75) is 6.42 Å². The molecule has 0 aromatic carbocycles. The summed E-state index contributed by atoms with van der Waals surface area (Å²) in [6.45, 7) is 4.69. The molecule has 1 aromatic rings. The highest BCUT2D eigenvalue weighted by Gasteiger charge is 2.33. The fourth-order valence-corrected chi connectivity index (χ4v) is 2.25. The summed E-state index contributed by atoms with van der Waals surface area (Å²) in [5.41, 5.74) is -0.349. The molecule has 3 nitrogen and oxygen atoms in total. The molecule has 0 saturated heterocycles. The predicted octanol–water partition coefficient (Wildman–Crippen LogP) is 2.07. The molecule has 1 N–H and O–H groups in total. The highest BCUT2D eigenvalue weighted by molar-refractivity contribution is 7.08. The molecule has 2 rings (SSSR count). The van der Waals surface area contributed by atoms with Gasteiger partial charge >= 0.3 is 0 Å². The van der Waals surface area contributed by atoms with Crippen molar-refractivity contribution < 1.29 is 14.6 Å². The minimum Gasteiger partial charge on any atom is -0.488 e. The Morgan fingerprint density at radius 1 is 1.40 bits per heavy atom. The third kappa shape index (κ3) is 2.01. The van der Waals surface area contributed by atoms with Gasteiger partial charge in [0.2, 0.25) is 0 Å². The molecule has 0 bridgehead atoms. The van der Waals surface area contributed by atoms with Crippen LogP contribution < -0.4 is 9.47 Å². The van der Waals surface area contributed by atoms with Gasteiger partial charge in [0.25, 0.3) is 0 Å². The first kappa shape index (κ1) is 10.5. The van der Waals surface area contributed by atoms with Crippen molar-refractivity contribution in [2.24, 2.45) is 5.41 Å². The Labute approximate surface area is 93.0 Å². The molecular formula is C11H14O3S. The van der Waals surface area contributed by atoms with E-state index in [1.807, 2.05) is 10.8 Å². The van der Waals surface area contributed by atoms with Crippen LogP contribution in [0.4, 0.5) is 0 Å². The first-order valence-corrected chi connectivity index (χ1v) is 5.77. The molecule has 4 heteroatoms.